The highest BCUT2D eigenvalue weighted by Gasteiger charge is 2.51. The molecule has 9 atom stereocenters. The van der Waals surface area contributed by atoms with Gasteiger partial charge in [-0.05, 0) is 57.4 Å². The number of aliphatic hydroxyl groups is 1. The molecule has 2 aromatic rings. The zero-order valence-corrected chi connectivity index (χ0v) is 27.3. The molecule has 46 heavy (non-hydrogen) atoms. The molecule has 7 rings (SSSR count). The molecule has 2 aromatic carbocycles. The Labute approximate surface area is 269 Å². The Bertz CT molecular complexity index is 1530. The van der Waals surface area contributed by atoms with Gasteiger partial charge >= 0.3 is 0 Å². The summed E-state index contributed by atoms with van der Waals surface area (Å²) in [6.45, 7) is 5.21. The van der Waals surface area contributed by atoms with Crippen molar-refractivity contribution in [1.29, 1.82) is 0 Å². The van der Waals surface area contributed by atoms with E-state index >= 15 is 0 Å². The Morgan fingerprint density at radius 2 is 1.07 bits per heavy atom. The smallest absolute Gasteiger partial charge is 0.297 e. The summed E-state index contributed by atoms with van der Waals surface area (Å²) in [6, 6.07) is 13.0. The molecule has 0 amide bonds. The highest BCUT2D eigenvalue weighted by atomic mass is 32.2. The lowest BCUT2D eigenvalue weighted by Gasteiger charge is -2.27. The van der Waals surface area contributed by atoms with E-state index in [1.807, 2.05) is 13.8 Å². The summed E-state index contributed by atoms with van der Waals surface area (Å²) >= 11 is 0. The molecule has 5 aliphatic heterocycles. The van der Waals surface area contributed by atoms with Crippen molar-refractivity contribution in [2.24, 2.45) is 0 Å². The van der Waals surface area contributed by atoms with Crippen molar-refractivity contribution in [3.63, 3.8) is 0 Å². The van der Waals surface area contributed by atoms with Crippen LogP contribution in [0.1, 0.15) is 30.4 Å². The van der Waals surface area contributed by atoms with Crippen LogP contribution >= 0.6 is 0 Å². The molecule has 0 spiro atoms. The maximum absolute atomic E-state index is 12.5. The number of benzene rings is 2. The van der Waals surface area contributed by atoms with Gasteiger partial charge in [0.25, 0.3) is 20.2 Å². The largest absolute Gasteiger partial charge is 0.388 e. The molecule has 0 radical (unpaired) electrons. The van der Waals surface area contributed by atoms with Crippen LogP contribution in [0.5, 0.6) is 0 Å². The van der Waals surface area contributed by atoms with Crippen molar-refractivity contribution in [3.05, 3.63) is 59.7 Å². The minimum absolute atomic E-state index is 0.0947. The fourth-order valence-electron chi connectivity index (χ4n) is 6.01. The van der Waals surface area contributed by atoms with Crippen molar-refractivity contribution in [3.8, 4) is 0 Å². The van der Waals surface area contributed by atoms with Crippen LogP contribution in [0.15, 0.2) is 58.3 Å². The highest BCUT2D eigenvalue weighted by molar-refractivity contribution is 7.87. The number of rotatable bonds is 8. The van der Waals surface area contributed by atoms with Crippen LogP contribution in [0.4, 0.5) is 0 Å². The minimum atomic E-state index is -3.87. The third-order valence-electron chi connectivity index (χ3n) is 8.53. The lowest BCUT2D eigenvalue weighted by atomic mass is 10.1. The molecule has 1 N–H and O–H groups in total. The van der Waals surface area contributed by atoms with Crippen LogP contribution in [0.2, 0.25) is 0 Å². The minimum Gasteiger partial charge on any atom is -0.388 e. The van der Waals surface area contributed by atoms with E-state index in [9.17, 15) is 21.9 Å². The molecule has 0 aliphatic carbocycles. The molecule has 1 unspecified atom stereocenters. The first-order valence-electron chi connectivity index (χ1n) is 15.4. The van der Waals surface area contributed by atoms with Crippen LogP contribution in [0.25, 0.3) is 0 Å². The van der Waals surface area contributed by atoms with Crippen LogP contribution < -0.4 is 0 Å². The molecule has 13 nitrogen and oxygen atoms in total. The number of fused-ring (bicyclic) bond motifs is 2. The Morgan fingerprint density at radius 1 is 0.609 bits per heavy atom. The van der Waals surface area contributed by atoms with E-state index in [-0.39, 0.29) is 48.1 Å². The number of aliphatic hydroxyl groups excluding tert-OH is 1. The van der Waals surface area contributed by atoms with Crippen molar-refractivity contribution in [2.75, 3.05) is 33.0 Å². The molecule has 0 bridgehead atoms. The fourth-order valence-corrected chi connectivity index (χ4v) is 8.16. The van der Waals surface area contributed by atoms with Gasteiger partial charge in [-0.15, -0.1) is 0 Å². The third kappa shape index (κ3) is 7.65. The monoisotopic (exact) mass is 684 g/mol. The third-order valence-corrected chi connectivity index (χ3v) is 11.2. The summed E-state index contributed by atoms with van der Waals surface area (Å²) in [5, 5.41) is 9.61. The maximum atomic E-state index is 12.5. The summed E-state index contributed by atoms with van der Waals surface area (Å²) in [5.74, 6) is 0. The van der Waals surface area contributed by atoms with E-state index in [0.29, 0.717) is 13.2 Å². The summed E-state index contributed by atoms with van der Waals surface area (Å²) in [6.07, 6.45) is -1.47. The lowest BCUT2D eigenvalue weighted by molar-refractivity contribution is -0.202. The quantitative estimate of drug-likeness (QED) is 0.403. The normalized spacial score (nSPS) is 34.1. The predicted molar refractivity (Wildman–Crippen MR) is 160 cm³/mol. The van der Waals surface area contributed by atoms with E-state index in [4.69, 9.17) is 36.8 Å². The summed E-state index contributed by atoms with van der Waals surface area (Å²) < 4.78 is 93.7. The Balaban J connectivity index is 0.000000167. The first-order chi connectivity index (χ1) is 22.0. The topological polar surface area (TPSA) is 162 Å². The average Bonchev–Trinajstić information content (AvgIpc) is 3.80. The van der Waals surface area contributed by atoms with Gasteiger partial charge in [-0.25, -0.2) is 0 Å². The summed E-state index contributed by atoms with van der Waals surface area (Å²) in [4.78, 5) is 0.234. The first kappa shape index (κ1) is 33.9. The van der Waals surface area contributed by atoms with E-state index in [1.165, 1.54) is 12.1 Å². The maximum Gasteiger partial charge on any atom is 0.297 e. The molecule has 15 heteroatoms. The van der Waals surface area contributed by atoms with E-state index < -0.39 is 56.9 Å². The molecular formula is C31H40O13S2. The molecule has 5 saturated heterocycles. The number of hydrogen-bond donors (Lipinski definition) is 1. The number of hydrogen-bond acceptors (Lipinski definition) is 13. The van der Waals surface area contributed by atoms with Gasteiger partial charge in [0.2, 0.25) is 0 Å². The molecule has 0 saturated carbocycles. The molecule has 5 fully saturated rings. The van der Waals surface area contributed by atoms with Crippen LogP contribution in [-0.2, 0) is 57.0 Å². The SMILES string of the molecule is Cc1ccc(S(=O)(=O)O[C@@H]2CO[C@H]3[C@@H]2OC[C@H]3O)cc1.Cc1ccc(S(=O)(=O)O[C@@H]2CO[C@H]3[C@@H]2OC[C@H]3OC2CCCCO2)cc1. The van der Waals surface area contributed by atoms with Crippen LogP contribution in [0.3, 0.4) is 0 Å². The average molecular weight is 685 g/mol. The van der Waals surface area contributed by atoms with Crippen LogP contribution in [0, 0.1) is 13.8 Å². The zero-order valence-electron chi connectivity index (χ0n) is 25.6. The Kier molecular flexibility index (Phi) is 10.5. The molecule has 5 heterocycles. The van der Waals surface area contributed by atoms with Gasteiger partial charge in [0.05, 0.1) is 36.2 Å². The van der Waals surface area contributed by atoms with Gasteiger partial charge in [0.15, 0.2) is 6.29 Å². The molecular weight excluding hydrogens is 644 g/mol. The lowest BCUT2D eigenvalue weighted by Crippen LogP contribution is -2.38. The molecule has 0 aromatic heterocycles. The van der Waals surface area contributed by atoms with Gasteiger partial charge in [0.1, 0.15) is 48.8 Å². The second-order valence-corrected chi connectivity index (χ2v) is 15.2. The fraction of sp³-hybridized carbons (Fsp3) is 0.613. The van der Waals surface area contributed by atoms with Crippen molar-refractivity contribution < 1.29 is 58.7 Å². The Hall–Kier alpha value is -2.02. The van der Waals surface area contributed by atoms with Gasteiger partial charge in [0, 0.05) is 6.61 Å². The number of aryl methyl sites for hydroxylation is 2. The standard InChI is InChI=1S/C18H24O7S.C13H16O6S/c1-12-5-7-13(8-6-12)26(19,20)25-15-11-23-17-14(10-22-18(15)17)24-16-4-2-3-9-21-16;1-8-2-4-9(5-3-8)20(15,16)19-11-7-18-12-10(14)6-17-13(11)12/h5-8,14-18H,2-4,9-11H2,1H3;2-5,10-14H,6-7H2,1H3/t14-,15-,16?,17-,18-;10-,11-,12-,13-/m11/s1. The second-order valence-electron chi connectivity index (χ2n) is 12.0. The van der Waals surface area contributed by atoms with E-state index in [1.54, 1.807) is 36.4 Å². The van der Waals surface area contributed by atoms with Crippen LogP contribution in [-0.4, -0.2) is 110 Å². The number of ether oxygens (including phenoxy) is 6. The molecule has 5 aliphatic rings. The van der Waals surface area contributed by atoms with E-state index in [0.717, 1.165) is 30.4 Å². The van der Waals surface area contributed by atoms with Gasteiger partial charge < -0.3 is 33.5 Å². The van der Waals surface area contributed by atoms with Gasteiger partial charge in [-0.2, -0.15) is 16.8 Å². The second kappa shape index (κ2) is 14.2. The highest BCUT2D eigenvalue weighted by Crippen LogP contribution is 2.34. The van der Waals surface area contributed by atoms with Gasteiger partial charge in [-0.1, -0.05) is 35.4 Å². The first-order valence-corrected chi connectivity index (χ1v) is 18.2. The predicted octanol–water partition coefficient (Wildman–Crippen LogP) is 2.01. The van der Waals surface area contributed by atoms with E-state index in [2.05, 4.69) is 0 Å². The summed E-state index contributed by atoms with van der Waals surface area (Å²) in [7, 11) is -7.73. The van der Waals surface area contributed by atoms with Gasteiger partial charge in [-0.3, -0.25) is 8.37 Å². The van der Waals surface area contributed by atoms with Crippen molar-refractivity contribution in [1.82, 2.24) is 0 Å². The van der Waals surface area contributed by atoms with Crippen molar-refractivity contribution >= 4 is 20.2 Å². The molecule has 254 valence electrons. The Morgan fingerprint density at radius 3 is 1.59 bits per heavy atom. The zero-order chi connectivity index (χ0) is 32.5. The summed E-state index contributed by atoms with van der Waals surface area (Å²) in [5.41, 5.74) is 1.95. The van der Waals surface area contributed by atoms with Crippen molar-refractivity contribution in [2.45, 2.75) is 98.0 Å².